The highest BCUT2D eigenvalue weighted by Crippen LogP contribution is 2.16. The SMILES string of the molecule is CCCCCCCCCCCCCCCCCCCCCCCCCCCC(=O)CCc1ccccc1. The van der Waals surface area contributed by atoms with Crippen LogP contribution in [0.1, 0.15) is 186 Å². The minimum atomic E-state index is 0.443. The van der Waals surface area contributed by atoms with Crippen LogP contribution in [0.4, 0.5) is 0 Å². The first kappa shape index (κ1) is 33.9. The summed E-state index contributed by atoms with van der Waals surface area (Å²) in [5.41, 5.74) is 1.28. The van der Waals surface area contributed by atoms with Crippen molar-refractivity contribution in [3.63, 3.8) is 0 Å². The number of carbonyl (C=O) groups excluding carboxylic acids is 1. The third-order valence-corrected chi connectivity index (χ3v) is 8.09. The van der Waals surface area contributed by atoms with Crippen LogP contribution in [0.3, 0.4) is 0 Å². The summed E-state index contributed by atoms with van der Waals surface area (Å²) in [7, 11) is 0. The maximum absolute atomic E-state index is 12.0. The van der Waals surface area contributed by atoms with Gasteiger partial charge in [-0.05, 0) is 18.4 Å². The second-order valence-corrected chi connectivity index (χ2v) is 11.8. The molecule has 0 amide bonds. The van der Waals surface area contributed by atoms with E-state index in [9.17, 15) is 4.79 Å². The molecule has 0 saturated heterocycles. The molecule has 1 aromatic carbocycles. The maximum atomic E-state index is 12.0. The molecule has 0 atom stereocenters. The third kappa shape index (κ3) is 25.0. The van der Waals surface area contributed by atoms with Crippen molar-refractivity contribution < 1.29 is 4.79 Å². The van der Waals surface area contributed by atoms with E-state index in [1.54, 1.807) is 0 Å². The fourth-order valence-corrected chi connectivity index (χ4v) is 5.51. The Kier molecular flexibility index (Phi) is 25.6. The second kappa shape index (κ2) is 27.9. The lowest BCUT2D eigenvalue weighted by Gasteiger charge is -2.04. The van der Waals surface area contributed by atoms with Crippen LogP contribution < -0.4 is 0 Å². The molecule has 0 radical (unpaired) electrons. The van der Waals surface area contributed by atoms with E-state index in [2.05, 4.69) is 31.2 Å². The van der Waals surface area contributed by atoms with Gasteiger partial charge in [0.25, 0.3) is 0 Å². The Morgan fingerprint density at radius 2 is 0.757 bits per heavy atom. The highest BCUT2D eigenvalue weighted by Gasteiger charge is 2.03. The molecule has 0 heterocycles. The average Bonchev–Trinajstić information content (AvgIpc) is 2.92. The van der Waals surface area contributed by atoms with Gasteiger partial charge in [0, 0.05) is 12.8 Å². The fraction of sp³-hybridized carbons (Fsp3) is 0.806. The van der Waals surface area contributed by atoms with E-state index in [1.807, 2.05) is 6.07 Å². The van der Waals surface area contributed by atoms with Gasteiger partial charge in [0.15, 0.2) is 0 Å². The van der Waals surface area contributed by atoms with Crippen LogP contribution in [-0.2, 0) is 11.2 Å². The van der Waals surface area contributed by atoms with Crippen LogP contribution in [-0.4, -0.2) is 5.78 Å². The zero-order chi connectivity index (χ0) is 26.5. The summed E-state index contributed by atoms with van der Waals surface area (Å²) in [4.78, 5) is 12.0. The molecule has 0 aliphatic heterocycles. The molecule has 0 aromatic heterocycles. The van der Waals surface area contributed by atoms with E-state index in [4.69, 9.17) is 0 Å². The van der Waals surface area contributed by atoms with E-state index in [-0.39, 0.29) is 0 Å². The lowest BCUT2D eigenvalue weighted by molar-refractivity contribution is -0.119. The van der Waals surface area contributed by atoms with Gasteiger partial charge in [-0.3, -0.25) is 4.79 Å². The molecule has 0 bridgehead atoms. The Balaban J connectivity index is 1.67. The largest absolute Gasteiger partial charge is 0.300 e. The number of hydrogen-bond acceptors (Lipinski definition) is 1. The van der Waals surface area contributed by atoms with E-state index < -0.39 is 0 Å². The zero-order valence-corrected chi connectivity index (χ0v) is 25.1. The van der Waals surface area contributed by atoms with Gasteiger partial charge in [-0.1, -0.05) is 191 Å². The van der Waals surface area contributed by atoms with Crippen LogP contribution in [0.15, 0.2) is 30.3 Å². The van der Waals surface area contributed by atoms with E-state index in [0.29, 0.717) is 12.2 Å². The minimum absolute atomic E-state index is 0.443. The molecule has 0 spiro atoms. The van der Waals surface area contributed by atoms with Gasteiger partial charge in [0.1, 0.15) is 5.78 Å². The van der Waals surface area contributed by atoms with Crippen molar-refractivity contribution in [1.29, 1.82) is 0 Å². The Morgan fingerprint density at radius 1 is 0.432 bits per heavy atom. The smallest absolute Gasteiger partial charge is 0.133 e. The van der Waals surface area contributed by atoms with Gasteiger partial charge >= 0.3 is 0 Å². The highest BCUT2D eigenvalue weighted by molar-refractivity contribution is 5.78. The number of hydrogen-bond donors (Lipinski definition) is 0. The van der Waals surface area contributed by atoms with Crippen LogP contribution in [0, 0.1) is 0 Å². The molecule has 0 N–H and O–H groups in total. The maximum Gasteiger partial charge on any atom is 0.133 e. The summed E-state index contributed by atoms with van der Waals surface area (Å²) in [5, 5.41) is 0. The number of rotatable bonds is 29. The molecular formula is C36H64O. The highest BCUT2D eigenvalue weighted by atomic mass is 16.1. The number of unbranched alkanes of at least 4 members (excludes halogenated alkanes) is 24. The van der Waals surface area contributed by atoms with Gasteiger partial charge in [-0.2, -0.15) is 0 Å². The van der Waals surface area contributed by atoms with Crippen LogP contribution in [0.5, 0.6) is 0 Å². The van der Waals surface area contributed by atoms with Crippen LogP contribution in [0.2, 0.25) is 0 Å². The van der Waals surface area contributed by atoms with Crippen molar-refractivity contribution in [2.75, 3.05) is 0 Å². The van der Waals surface area contributed by atoms with Crippen molar-refractivity contribution >= 4 is 5.78 Å². The Bertz CT molecular complexity index is 578. The van der Waals surface area contributed by atoms with Crippen molar-refractivity contribution in [2.24, 2.45) is 0 Å². The first-order valence-electron chi connectivity index (χ1n) is 16.9. The Hall–Kier alpha value is -1.11. The standard InChI is InChI=1S/C36H64O/c1-2-3-4-5-6-7-8-9-10-11-12-13-14-15-16-17-18-19-20-21-22-23-24-25-29-32-36(37)34-33-35-30-27-26-28-31-35/h26-28,30-31H,2-25,29,32-34H2,1H3. The van der Waals surface area contributed by atoms with Crippen molar-refractivity contribution in [3.8, 4) is 0 Å². The summed E-state index contributed by atoms with van der Waals surface area (Å²) in [6.45, 7) is 2.30. The third-order valence-electron chi connectivity index (χ3n) is 8.09. The van der Waals surface area contributed by atoms with Gasteiger partial charge in [0.2, 0.25) is 0 Å². The van der Waals surface area contributed by atoms with E-state index in [1.165, 1.54) is 160 Å². The first-order chi connectivity index (χ1) is 18.3. The molecule has 214 valence electrons. The van der Waals surface area contributed by atoms with Crippen molar-refractivity contribution in [3.05, 3.63) is 35.9 Å². The lowest BCUT2D eigenvalue weighted by atomic mass is 10.0. The van der Waals surface area contributed by atoms with Crippen LogP contribution >= 0.6 is 0 Å². The topological polar surface area (TPSA) is 17.1 Å². The normalized spacial score (nSPS) is 11.3. The zero-order valence-electron chi connectivity index (χ0n) is 25.1. The number of carbonyl (C=O) groups is 1. The lowest BCUT2D eigenvalue weighted by Crippen LogP contribution is -2.00. The number of benzene rings is 1. The number of aryl methyl sites for hydroxylation is 1. The van der Waals surface area contributed by atoms with Crippen LogP contribution in [0.25, 0.3) is 0 Å². The summed E-state index contributed by atoms with van der Waals surface area (Å²) >= 11 is 0. The molecule has 37 heavy (non-hydrogen) atoms. The van der Waals surface area contributed by atoms with Gasteiger partial charge in [-0.15, -0.1) is 0 Å². The quantitative estimate of drug-likeness (QED) is 0.0975. The second-order valence-electron chi connectivity index (χ2n) is 11.8. The fourth-order valence-electron chi connectivity index (χ4n) is 5.51. The summed E-state index contributed by atoms with van der Waals surface area (Å²) in [6, 6.07) is 10.4. The van der Waals surface area contributed by atoms with Gasteiger partial charge in [0.05, 0.1) is 0 Å². The average molecular weight is 513 g/mol. The molecule has 0 aliphatic carbocycles. The molecule has 0 saturated carbocycles. The van der Waals surface area contributed by atoms with Gasteiger partial charge < -0.3 is 0 Å². The van der Waals surface area contributed by atoms with E-state index in [0.717, 1.165) is 19.3 Å². The molecule has 0 aliphatic rings. The Labute approximate surface area is 233 Å². The predicted octanol–water partition coefficient (Wildman–Crippen LogP) is 12.4. The van der Waals surface area contributed by atoms with Crippen molar-refractivity contribution in [1.82, 2.24) is 0 Å². The number of ketones is 1. The predicted molar refractivity (Wildman–Crippen MR) is 165 cm³/mol. The summed E-state index contributed by atoms with van der Waals surface area (Å²) < 4.78 is 0. The molecule has 1 heteroatoms. The first-order valence-corrected chi connectivity index (χ1v) is 16.9. The molecule has 0 unspecified atom stereocenters. The molecule has 1 rings (SSSR count). The van der Waals surface area contributed by atoms with Crippen molar-refractivity contribution in [2.45, 2.75) is 187 Å². The molecule has 1 aromatic rings. The molecule has 0 fully saturated rings. The molecule has 1 nitrogen and oxygen atoms in total. The summed E-state index contributed by atoms with van der Waals surface area (Å²) in [6.07, 6.45) is 37.9. The van der Waals surface area contributed by atoms with Gasteiger partial charge in [-0.25, -0.2) is 0 Å². The van der Waals surface area contributed by atoms with E-state index >= 15 is 0 Å². The monoisotopic (exact) mass is 512 g/mol. The Morgan fingerprint density at radius 3 is 1.11 bits per heavy atom. The molecular weight excluding hydrogens is 448 g/mol. The minimum Gasteiger partial charge on any atom is -0.300 e. The summed E-state index contributed by atoms with van der Waals surface area (Å²) in [5.74, 6) is 0.443. The number of Topliss-reactive ketones (excluding diaryl/α,β-unsaturated/α-hetero) is 1.